The van der Waals surface area contributed by atoms with E-state index >= 15 is 0 Å². The van der Waals surface area contributed by atoms with Gasteiger partial charge in [-0.15, -0.1) is 0 Å². The number of nitrogens with zero attached hydrogens (tertiary/aromatic N) is 1. The Bertz CT molecular complexity index is 242. The van der Waals surface area contributed by atoms with Gasteiger partial charge in [0.2, 0.25) is 0 Å². The smallest absolute Gasteiger partial charge is 0.110 e. The van der Waals surface area contributed by atoms with Gasteiger partial charge in [-0.25, -0.2) is 0 Å². The largest absolute Gasteiger partial charge is 0.380 e. The lowest BCUT2D eigenvalue weighted by Crippen LogP contribution is -2.32. The lowest BCUT2D eigenvalue weighted by Gasteiger charge is -2.21. The highest BCUT2D eigenvalue weighted by Crippen LogP contribution is 2.20. The predicted molar refractivity (Wildman–Crippen MR) is 94.2 cm³/mol. The van der Waals surface area contributed by atoms with Crippen molar-refractivity contribution in [3.05, 3.63) is 0 Å². The van der Waals surface area contributed by atoms with Gasteiger partial charge >= 0.3 is 0 Å². The number of rotatable bonds is 14. The van der Waals surface area contributed by atoms with Crippen LogP contribution in [0.3, 0.4) is 0 Å². The molecule has 0 bridgehead atoms. The molecule has 1 atom stereocenters. The number of hydrogen-bond donors (Lipinski definition) is 0. The second kappa shape index (κ2) is 13.3. The minimum absolute atomic E-state index is 0.331. The van der Waals surface area contributed by atoms with Crippen molar-refractivity contribution in [2.75, 3.05) is 32.9 Å². The number of ether oxygens (including phenoxy) is 2. The standard InChI is InChI=1S/C19H39NO2/c1-4-10-18(11-5-2)12-8-7-9-15-21-16-13-20-14-17-22-19(20)6-3/h18-19H,4-17H2,1-3H3. The zero-order valence-corrected chi connectivity index (χ0v) is 15.3. The summed E-state index contributed by atoms with van der Waals surface area (Å²) >= 11 is 0. The SMILES string of the molecule is CCCC(CCC)CCCCCOCCN1CCOC1CC. The second-order valence-corrected chi connectivity index (χ2v) is 6.67. The molecule has 1 aliphatic rings. The molecule has 1 fully saturated rings. The van der Waals surface area contributed by atoms with Crippen LogP contribution in [0.15, 0.2) is 0 Å². The van der Waals surface area contributed by atoms with E-state index in [1.165, 1.54) is 51.4 Å². The molecule has 3 heteroatoms. The highest BCUT2D eigenvalue weighted by Gasteiger charge is 2.22. The molecule has 1 saturated heterocycles. The summed E-state index contributed by atoms with van der Waals surface area (Å²) in [5, 5.41) is 0. The van der Waals surface area contributed by atoms with Gasteiger partial charge < -0.3 is 9.47 Å². The van der Waals surface area contributed by atoms with Crippen LogP contribution in [0.25, 0.3) is 0 Å². The van der Waals surface area contributed by atoms with Gasteiger partial charge in [0.15, 0.2) is 0 Å². The average Bonchev–Trinajstić information content (AvgIpc) is 2.97. The maximum atomic E-state index is 5.79. The first-order valence-corrected chi connectivity index (χ1v) is 9.75. The Hall–Kier alpha value is -0.120. The van der Waals surface area contributed by atoms with E-state index in [1.807, 2.05) is 0 Å². The molecule has 0 amide bonds. The highest BCUT2D eigenvalue weighted by molar-refractivity contribution is 4.68. The molecule has 0 aromatic heterocycles. The number of hydrogen-bond acceptors (Lipinski definition) is 3. The van der Waals surface area contributed by atoms with Crippen molar-refractivity contribution >= 4 is 0 Å². The molecule has 0 N–H and O–H groups in total. The molecule has 132 valence electrons. The van der Waals surface area contributed by atoms with Gasteiger partial charge in [0.05, 0.1) is 13.2 Å². The van der Waals surface area contributed by atoms with Crippen molar-refractivity contribution in [2.24, 2.45) is 5.92 Å². The third kappa shape index (κ3) is 8.50. The lowest BCUT2D eigenvalue weighted by atomic mass is 9.92. The normalized spacial score (nSPS) is 19.4. The third-order valence-corrected chi connectivity index (χ3v) is 4.76. The van der Waals surface area contributed by atoms with E-state index < -0.39 is 0 Å². The Kier molecular flexibility index (Phi) is 12.1. The summed E-state index contributed by atoms with van der Waals surface area (Å²) in [4.78, 5) is 2.40. The molecule has 22 heavy (non-hydrogen) atoms. The zero-order chi connectivity index (χ0) is 16.0. The maximum Gasteiger partial charge on any atom is 0.110 e. The fourth-order valence-corrected chi connectivity index (χ4v) is 3.53. The van der Waals surface area contributed by atoms with Crippen LogP contribution < -0.4 is 0 Å². The van der Waals surface area contributed by atoms with Crippen LogP contribution >= 0.6 is 0 Å². The summed E-state index contributed by atoms with van der Waals surface area (Å²) in [7, 11) is 0. The quantitative estimate of drug-likeness (QED) is 0.428. The molecule has 1 unspecified atom stereocenters. The van der Waals surface area contributed by atoms with Crippen molar-refractivity contribution in [3.8, 4) is 0 Å². The summed E-state index contributed by atoms with van der Waals surface area (Å²) in [6.07, 6.45) is 12.3. The molecular formula is C19H39NO2. The van der Waals surface area contributed by atoms with Crippen LogP contribution in [0, 0.1) is 5.92 Å². The molecule has 0 spiro atoms. The highest BCUT2D eigenvalue weighted by atomic mass is 16.5. The van der Waals surface area contributed by atoms with Crippen molar-refractivity contribution in [1.82, 2.24) is 4.90 Å². The Labute approximate surface area is 138 Å². The van der Waals surface area contributed by atoms with Crippen LogP contribution in [-0.4, -0.2) is 44.0 Å². The zero-order valence-electron chi connectivity index (χ0n) is 15.3. The van der Waals surface area contributed by atoms with Crippen LogP contribution in [0.2, 0.25) is 0 Å². The summed E-state index contributed by atoms with van der Waals surface area (Å²) in [6.45, 7) is 11.6. The average molecular weight is 314 g/mol. The van der Waals surface area contributed by atoms with E-state index in [-0.39, 0.29) is 0 Å². The Morgan fingerprint density at radius 1 is 1.00 bits per heavy atom. The molecule has 0 aromatic rings. The van der Waals surface area contributed by atoms with E-state index in [0.717, 1.165) is 45.2 Å². The molecule has 1 rings (SSSR count). The summed E-state index contributed by atoms with van der Waals surface area (Å²) in [5.74, 6) is 0.970. The Morgan fingerprint density at radius 2 is 1.77 bits per heavy atom. The van der Waals surface area contributed by atoms with E-state index in [4.69, 9.17) is 9.47 Å². The predicted octanol–water partition coefficient (Wildman–Crippen LogP) is 4.85. The van der Waals surface area contributed by atoms with Gasteiger partial charge in [0.1, 0.15) is 6.23 Å². The van der Waals surface area contributed by atoms with E-state index in [1.54, 1.807) is 0 Å². The molecule has 0 aromatic carbocycles. The monoisotopic (exact) mass is 313 g/mol. The van der Waals surface area contributed by atoms with Gasteiger partial charge in [-0.3, -0.25) is 4.90 Å². The van der Waals surface area contributed by atoms with Crippen molar-refractivity contribution in [3.63, 3.8) is 0 Å². The lowest BCUT2D eigenvalue weighted by molar-refractivity contribution is 0.0141. The van der Waals surface area contributed by atoms with Crippen molar-refractivity contribution < 1.29 is 9.47 Å². The van der Waals surface area contributed by atoms with Crippen molar-refractivity contribution in [2.45, 2.75) is 84.8 Å². The summed E-state index contributed by atoms with van der Waals surface area (Å²) in [5.41, 5.74) is 0. The van der Waals surface area contributed by atoms with Crippen LogP contribution in [0.1, 0.15) is 78.6 Å². The van der Waals surface area contributed by atoms with Gasteiger partial charge in [-0.05, 0) is 18.8 Å². The minimum Gasteiger partial charge on any atom is -0.380 e. The first kappa shape index (κ1) is 19.9. The Balaban J connectivity index is 1.90. The van der Waals surface area contributed by atoms with Crippen molar-refractivity contribution in [1.29, 1.82) is 0 Å². The molecular weight excluding hydrogens is 274 g/mol. The third-order valence-electron chi connectivity index (χ3n) is 4.76. The van der Waals surface area contributed by atoms with Gasteiger partial charge in [-0.1, -0.05) is 65.7 Å². The van der Waals surface area contributed by atoms with Crippen LogP contribution in [0.5, 0.6) is 0 Å². The van der Waals surface area contributed by atoms with E-state index in [9.17, 15) is 0 Å². The summed E-state index contributed by atoms with van der Waals surface area (Å²) < 4.78 is 11.5. The van der Waals surface area contributed by atoms with E-state index in [0.29, 0.717) is 6.23 Å². The van der Waals surface area contributed by atoms with Crippen LogP contribution in [-0.2, 0) is 9.47 Å². The fraction of sp³-hybridized carbons (Fsp3) is 1.00. The fourth-order valence-electron chi connectivity index (χ4n) is 3.53. The Morgan fingerprint density at radius 3 is 2.45 bits per heavy atom. The molecule has 0 radical (unpaired) electrons. The topological polar surface area (TPSA) is 21.7 Å². The number of unbranched alkanes of at least 4 members (excludes halogenated alkanes) is 2. The first-order chi connectivity index (χ1) is 10.8. The molecule has 0 aliphatic carbocycles. The minimum atomic E-state index is 0.331. The molecule has 3 nitrogen and oxygen atoms in total. The molecule has 1 aliphatic heterocycles. The molecule has 1 heterocycles. The van der Waals surface area contributed by atoms with Gasteiger partial charge in [0.25, 0.3) is 0 Å². The summed E-state index contributed by atoms with van der Waals surface area (Å²) in [6, 6.07) is 0. The van der Waals surface area contributed by atoms with E-state index in [2.05, 4.69) is 25.7 Å². The van der Waals surface area contributed by atoms with Crippen LogP contribution in [0.4, 0.5) is 0 Å². The first-order valence-electron chi connectivity index (χ1n) is 9.75. The second-order valence-electron chi connectivity index (χ2n) is 6.67. The molecule has 0 saturated carbocycles. The maximum absolute atomic E-state index is 5.79. The van der Waals surface area contributed by atoms with Gasteiger partial charge in [-0.2, -0.15) is 0 Å². The van der Waals surface area contributed by atoms with Gasteiger partial charge in [0, 0.05) is 19.7 Å².